The molecule has 1 heterocycles. The SMILES string of the molecule is COc1cccc(-c2cc(C)nc(N)n2)c1. The van der Waals surface area contributed by atoms with Crippen molar-refractivity contribution >= 4 is 5.95 Å². The first-order chi connectivity index (χ1) is 7.69. The number of hydrogen-bond donors (Lipinski definition) is 1. The lowest BCUT2D eigenvalue weighted by Gasteiger charge is -2.05. The maximum absolute atomic E-state index is 5.61. The van der Waals surface area contributed by atoms with Crippen molar-refractivity contribution in [3.8, 4) is 17.0 Å². The molecule has 0 aliphatic carbocycles. The minimum atomic E-state index is 0.290. The summed E-state index contributed by atoms with van der Waals surface area (Å²) in [5.74, 6) is 1.09. The molecule has 82 valence electrons. The summed E-state index contributed by atoms with van der Waals surface area (Å²) < 4.78 is 5.16. The van der Waals surface area contributed by atoms with E-state index in [1.165, 1.54) is 0 Å². The lowest BCUT2D eigenvalue weighted by molar-refractivity contribution is 0.415. The number of aryl methyl sites for hydroxylation is 1. The summed E-state index contributed by atoms with van der Waals surface area (Å²) in [7, 11) is 1.64. The summed E-state index contributed by atoms with van der Waals surface area (Å²) in [4.78, 5) is 8.23. The van der Waals surface area contributed by atoms with Gasteiger partial charge in [0, 0.05) is 11.3 Å². The van der Waals surface area contributed by atoms with E-state index in [0.29, 0.717) is 0 Å². The molecule has 1 aromatic heterocycles. The number of nitrogens with two attached hydrogens (primary N) is 1. The van der Waals surface area contributed by atoms with E-state index in [-0.39, 0.29) is 5.95 Å². The van der Waals surface area contributed by atoms with Crippen LogP contribution >= 0.6 is 0 Å². The van der Waals surface area contributed by atoms with E-state index < -0.39 is 0 Å². The Bertz CT molecular complexity index is 491. The van der Waals surface area contributed by atoms with Crippen LogP contribution in [-0.4, -0.2) is 17.1 Å². The van der Waals surface area contributed by atoms with Gasteiger partial charge in [-0.05, 0) is 25.1 Å². The van der Waals surface area contributed by atoms with Gasteiger partial charge in [0.15, 0.2) is 0 Å². The minimum absolute atomic E-state index is 0.290. The van der Waals surface area contributed by atoms with Crippen molar-refractivity contribution in [2.24, 2.45) is 0 Å². The quantitative estimate of drug-likeness (QED) is 0.832. The van der Waals surface area contributed by atoms with Gasteiger partial charge in [-0.2, -0.15) is 0 Å². The predicted molar refractivity (Wildman–Crippen MR) is 63.2 cm³/mol. The summed E-state index contributed by atoms with van der Waals surface area (Å²) in [6.45, 7) is 1.89. The number of hydrogen-bond acceptors (Lipinski definition) is 4. The van der Waals surface area contributed by atoms with Crippen LogP contribution in [0.2, 0.25) is 0 Å². The molecule has 0 saturated heterocycles. The van der Waals surface area contributed by atoms with Crippen LogP contribution in [0, 0.1) is 6.92 Å². The molecule has 0 spiro atoms. The third-order valence-corrected chi connectivity index (χ3v) is 2.24. The molecule has 0 atom stereocenters. The van der Waals surface area contributed by atoms with Crippen LogP contribution in [0.4, 0.5) is 5.95 Å². The first-order valence-corrected chi connectivity index (χ1v) is 4.94. The fraction of sp³-hybridized carbons (Fsp3) is 0.167. The fourth-order valence-corrected chi connectivity index (χ4v) is 1.52. The van der Waals surface area contributed by atoms with Gasteiger partial charge >= 0.3 is 0 Å². The van der Waals surface area contributed by atoms with Crippen LogP contribution in [0.1, 0.15) is 5.69 Å². The number of benzene rings is 1. The lowest BCUT2D eigenvalue weighted by Crippen LogP contribution is -1.98. The molecule has 0 saturated carbocycles. The zero-order valence-electron chi connectivity index (χ0n) is 9.27. The number of nitrogens with zero attached hydrogens (tertiary/aromatic N) is 2. The van der Waals surface area contributed by atoms with Crippen molar-refractivity contribution in [1.82, 2.24) is 9.97 Å². The van der Waals surface area contributed by atoms with Crippen LogP contribution in [0.5, 0.6) is 5.75 Å². The van der Waals surface area contributed by atoms with Crippen LogP contribution in [-0.2, 0) is 0 Å². The Morgan fingerprint density at radius 2 is 2.00 bits per heavy atom. The van der Waals surface area contributed by atoms with Crippen molar-refractivity contribution in [1.29, 1.82) is 0 Å². The van der Waals surface area contributed by atoms with Crippen LogP contribution in [0.25, 0.3) is 11.3 Å². The second-order valence-corrected chi connectivity index (χ2v) is 3.48. The molecule has 0 fully saturated rings. The largest absolute Gasteiger partial charge is 0.497 e. The van der Waals surface area contributed by atoms with E-state index in [0.717, 1.165) is 22.7 Å². The number of nitrogen functional groups attached to an aromatic ring is 1. The molecule has 0 amide bonds. The third kappa shape index (κ3) is 2.11. The lowest BCUT2D eigenvalue weighted by atomic mass is 10.1. The van der Waals surface area contributed by atoms with Crippen LogP contribution in [0.15, 0.2) is 30.3 Å². The number of anilines is 1. The molecule has 2 N–H and O–H groups in total. The van der Waals surface area contributed by atoms with Gasteiger partial charge in [-0.3, -0.25) is 0 Å². The summed E-state index contributed by atoms with van der Waals surface area (Å²) in [5, 5.41) is 0. The number of aromatic nitrogens is 2. The highest BCUT2D eigenvalue weighted by atomic mass is 16.5. The van der Waals surface area contributed by atoms with Crippen LogP contribution < -0.4 is 10.5 Å². The maximum Gasteiger partial charge on any atom is 0.220 e. The standard InChI is InChI=1S/C12H13N3O/c1-8-6-11(15-12(13)14-8)9-4-3-5-10(7-9)16-2/h3-7H,1-2H3,(H2,13,14,15). The second kappa shape index (κ2) is 4.18. The van der Waals surface area contributed by atoms with Gasteiger partial charge in [0.25, 0.3) is 0 Å². The van der Waals surface area contributed by atoms with Gasteiger partial charge in [-0.25, -0.2) is 9.97 Å². The maximum atomic E-state index is 5.61. The summed E-state index contributed by atoms with van der Waals surface area (Å²) in [6, 6.07) is 9.58. The molecule has 2 rings (SSSR count). The monoisotopic (exact) mass is 215 g/mol. The molecule has 0 unspecified atom stereocenters. The summed E-state index contributed by atoms with van der Waals surface area (Å²) in [6.07, 6.45) is 0. The van der Waals surface area contributed by atoms with Crippen molar-refractivity contribution in [2.75, 3.05) is 12.8 Å². The van der Waals surface area contributed by atoms with Crippen molar-refractivity contribution in [3.05, 3.63) is 36.0 Å². The van der Waals surface area contributed by atoms with Gasteiger partial charge in [0.05, 0.1) is 12.8 Å². The zero-order chi connectivity index (χ0) is 11.5. The average Bonchev–Trinajstić information content (AvgIpc) is 2.28. The normalized spacial score (nSPS) is 10.1. The molecule has 0 bridgehead atoms. The topological polar surface area (TPSA) is 61.0 Å². The molecule has 0 aliphatic heterocycles. The number of ether oxygens (including phenoxy) is 1. The second-order valence-electron chi connectivity index (χ2n) is 3.48. The molecular formula is C12H13N3O. The molecule has 16 heavy (non-hydrogen) atoms. The first-order valence-electron chi connectivity index (χ1n) is 4.94. The Morgan fingerprint density at radius 3 is 2.69 bits per heavy atom. The van der Waals surface area contributed by atoms with Crippen LogP contribution in [0.3, 0.4) is 0 Å². The highest BCUT2D eigenvalue weighted by molar-refractivity contribution is 5.62. The van der Waals surface area contributed by atoms with Gasteiger partial charge in [-0.1, -0.05) is 12.1 Å². The molecular weight excluding hydrogens is 202 g/mol. The Morgan fingerprint density at radius 1 is 1.19 bits per heavy atom. The Balaban J connectivity index is 2.49. The van der Waals surface area contributed by atoms with Gasteiger partial charge in [0.1, 0.15) is 5.75 Å². The number of methoxy groups -OCH3 is 1. The minimum Gasteiger partial charge on any atom is -0.497 e. The molecule has 0 aliphatic rings. The molecule has 4 nitrogen and oxygen atoms in total. The smallest absolute Gasteiger partial charge is 0.220 e. The highest BCUT2D eigenvalue weighted by Crippen LogP contribution is 2.22. The van der Waals surface area contributed by atoms with Crippen molar-refractivity contribution in [3.63, 3.8) is 0 Å². The van der Waals surface area contributed by atoms with Gasteiger partial charge in [-0.15, -0.1) is 0 Å². The van der Waals surface area contributed by atoms with Gasteiger partial charge < -0.3 is 10.5 Å². The Kier molecular flexibility index (Phi) is 2.72. The highest BCUT2D eigenvalue weighted by Gasteiger charge is 2.03. The molecule has 2 aromatic rings. The number of rotatable bonds is 2. The van der Waals surface area contributed by atoms with E-state index in [2.05, 4.69) is 9.97 Å². The van der Waals surface area contributed by atoms with Crippen molar-refractivity contribution < 1.29 is 4.74 Å². The first kappa shape index (κ1) is 10.4. The Hall–Kier alpha value is -2.10. The van der Waals surface area contributed by atoms with Gasteiger partial charge in [0.2, 0.25) is 5.95 Å². The zero-order valence-corrected chi connectivity index (χ0v) is 9.27. The van der Waals surface area contributed by atoms with E-state index in [1.807, 2.05) is 37.3 Å². The molecule has 0 radical (unpaired) electrons. The predicted octanol–water partition coefficient (Wildman–Crippen LogP) is 2.04. The van der Waals surface area contributed by atoms with E-state index in [9.17, 15) is 0 Å². The molecule has 1 aromatic carbocycles. The van der Waals surface area contributed by atoms with Crippen molar-refractivity contribution in [2.45, 2.75) is 6.92 Å². The third-order valence-electron chi connectivity index (χ3n) is 2.24. The van der Waals surface area contributed by atoms with E-state index >= 15 is 0 Å². The summed E-state index contributed by atoms with van der Waals surface area (Å²) in [5.41, 5.74) is 8.24. The van der Waals surface area contributed by atoms with E-state index in [1.54, 1.807) is 7.11 Å². The average molecular weight is 215 g/mol. The van der Waals surface area contributed by atoms with E-state index in [4.69, 9.17) is 10.5 Å². The fourth-order valence-electron chi connectivity index (χ4n) is 1.52. The summed E-state index contributed by atoms with van der Waals surface area (Å²) >= 11 is 0. The molecule has 4 heteroatoms. The Labute approximate surface area is 94.1 Å².